The van der Waals surface area contributed by atoms with E-state index in [-0.39, 0.29) is 17.4 Å². The first-order valence-electron chi connectivity index (χ1n) is 11.9. The first-order valence-corrected chi connectivity index (χ1v) is 11.9. The van der Waals surface area contributed by atoms with Gasteiger partial charge in [-0.1, -0.05) is 6.08 Å². The molecule has 35 heavy (non-hydrogen) atoms. The van der Waals surface area contributed by atoms with Crippen LogP contribution in [0.5, 0.6) is 0 Å². The Kier molecular flexibility index (Phi) is 6.12. The third-order valence-electron chi connectivity index (χ3n) is 6.81. The molecule has 0 radical (unpaired) electrons. The van der Waals surface area contributed by atoms with E-state index in [4.69, 9.17) is 4.74 Å². The topological polar surface area (TPSA) is 112 Å². The molecule has 9 heteroatoms. The Morgan fingerprint density at radius 3 is 2.77 bits per heavy atom. The number of likely N-dealkylation sites (tertiary alicyclic amines) is 1. The number of anilines is 2. The number of ether oxygens (including phenoxy) is 1. The van der Waals surface area contributed by atoms with Gasteiger partial charge in [-0.15, -0.1) is 0 Å². The highest BCUT2D eigenvalue weighted by Gasteiger charge is 2.32. The summed E-state index contributed by atoms with van der Waals surface area (Å²) < 4.78 is 5.39. The van der Waals surface area contributed by atoms with Crippen molar-refractivity contribution < 1.29 is 14.3 Å². The highest BCUT2D eigenvalue weighted by molar-refractivity contribution is 6.06. The molecule has 0 spiro atoms. The number of aryl methyl sites for hydroxylation is 1. The van der Waals surface area contributed by atoms with Crippen LogP contribution in [0.15, 0.2) is 36.7 Å². The van der Waals surface area contributed by atoms with Crippen molar-refractivity contribution in [3.63, 3.8) is 0 Å². The number of aromatic nitrogens is 3. The van der Waals surface area contributed by atoms with Gasteiger partial charge in [0.25, 0.3) is 5.91 Å². The third kappa shape index (κ3) is 4.96. The molecule has 0 atom stereocenters. The fourth-order valence-corrected chi connectivity index (χ4v) is 4.64. The van der Waals surface area contributed by atoms with Crippen LogP contribution in [0.4, 0.5) is 11.4 Å². The Morgan fingerprint density at radius 2 is 2.03 bits per heavy atom. The zero-order valence-corrected chi connectivity index (χ0v) is 20.3. The van der Waals surface area contributed by atoms with E-state index in [0.29, 0.717) is 48.0 Å². The highest BCUT2D eigenvalue weighted by atomic mass is 16.5. The summed E-state index contributed by atoms with van der Waals surface area (Å²) in [5, 5.41) is 6.67. The summed E-state index contributed by atoms with van der Waals surface area (Å²) >= 11 is 0. The lowest BCUT2D eigenvalue weighted by Crippen LogP contribution is -2.42. The SMILES string of the molecule is Cc1ncc(NC(=O)CN2CCCC2(C)C)cc1NC(=O)c1cnc2[nH]c(C3=CCOC3)cc2c1. The number of hydrogen-bond acceptors (Lipinski definition) is 6. The van der Waals surface area contributed by atoms with Crippen LogP contribution in [0.1, 0.15) is 48.4 Å². The Labute approximate surface area is 204 Å². The molecule has 2 aliphatic rings. The maximum Gasteiger partial charge on any atom is 0.257 e. The number of H-pyrrole nitrogens is 1. The average Bonchev–Trinajstić information content (AvgIpc) is 3.55. The molecule has 2 amide bonds. The zero-order valence-electron chi connectivity index (χ0n) is 20.3. The van der Waals surface area contributed by atoms with Crippen LogP contribution in [0.2, 0.25) is 0 Å². The molecule has 182 valence electrons. The number of carbonyl (C=O) groups is 2. The van der Waals surface area contributed by atoms with Crippen molar-refractivity contribution in [2.75, 3.05) is 36.9 Å². The minimum absolute atomic E-state index is 0.0270. The van der Waals surface area contributed by atoms with Gasteiger partial charge in [0.05, 0.1) is 48.6 Å². The molecule has 5 heterocycles. The van der Waals surface area contributed by atoms with Crippen molar-refractivity contribution in [1.82, 2.24) is 19.9 Å². The Hall–Kier alpha value is -3.56. The predicted octanol–water partition coefficient (Wildman–Crippen LogP) is 3.75. The standard InChI is InChI=1S/C26H30N6O3/c1-16-21(11-20(13-27-16)29-23(33)14-32-7-4-6-26(32,2)3)31-25(34)19-9-18-10-22(17-5-8-35-15-17)30-24(18)28-12-19/h5,9-13H,4,6-8,14-15H2,1-3H3,(H,28,30)(H,29,33)(H,31,34). The van der Waals surface area contributed by atoms with E-state index >= 15 is 0 Å². The van der Waals surface area contributed by atoms with E-state index < -0.39 is 0 Å². The Bertz CT molecular complexity index is 1330. The van der Waals surface area contributed by atoms with Crippen molar-refractivity contribution in [3.8, 4) is 0 Å². The Balaban J connectivity index is 1.28. The van der Waals surface area contributed by atoms with Crippen LogP contribution in [-0.2, 0) is 9.53 Å². The van der Waals surface area contributed by atoms with Crippen LogP contribution in [0.25, 0.3) is 16.6 Å². The van der Waals surface area contributed by atoms with Crippen LogP contribution in [0, 0.1) is 6.92 Å². The maximum atomic E-state index is 13.0. The third-order valence-corrected chi connectivity index (χ3v) is 6.81. The number of aromatic amines is 1. The van der Waals surface area contributed by atoms with E-state index in [1.807, 2.05) is 19.1 Å². The average molecular weight is 475 g/mol. The number of nitrogens with one attached hydrogen (secondary N) is 3. The highest BCUT2D eigenvalue weighted by Crippen LogP contribution is 2.28. The molecule has 0 saturated carbocycles. The molecule has 0 bridgehead atoms. The molecular weight excluding hydrogens is 444 g/mol. The van der Waals surface area contributed by atoms with Crippen molar-refractivity contribution >= 4 is 39.8 Å². The number of pyridine rings is 2. The number of amides is 2. The second kappa shape index (κ2) is 9.24. The summed E-state index contributed by atoms with van der Waals surface area (Å²) in [5.41, 5.74) is 4.95. The van der Waals surface area contributed by atoms with Gasteiger partial charge in [0.15, 0.2) is 0 Å². The lowest BCUT2D eigenvalue weighted by Gasteiger charge is -2.30. The van der Waals surface area contributed by atoms with Crippen LogP contribution >= 0.6 is 0 Å². The van der Waals surface area contributed by atoms with Crippen LogP contribution < -0.4 is 10.6 Å². The molecule has 0 aromatic carbocycles. The molecule has 2 aliphatic heterocycles. The normalized spacial score (nSPS) is 17.5. The minimum Gasteiger partial charge on any atom is -0.373 e. The van der Waals surface area contributed by atoms with Gasteiger partial charge in [-0.05, 0) is 63.9 Å². The number of fused-ring (bicyclic) bond motifs is 1. The van der Waals surface area contributed by atoms with Gasteiger partial charge in [-0.25, -0.2) is 4.98 Å². The molecule has 3 aromatic rings. The van der Waals surface area contributed by atoms with E-state index in [1.54, 1.807) is 24.5 Å². The van der Waals surface area contributed by atoms with E-state index in [1.165, 1.54) is 0 Å². The van der Waals surface area contributed by atoms with Gasteiger partial charge >= 0.3 is 0 Å². The number of rotatable bonds is 6. The first-order chi connectivity index (χ1) is 16.8. The van der Waals surface area contributed by atoms with E-state index in [9.17, 15) is 9.59 Å². The van der Waals surface area contributed by atoms with Gasteiger partial charge in [-0.2, -0.15) is 0 Å². The van der Waals surface area contributed by atoms with Crippen LogP contribution in [0.3, 0.4) is 0 Å². The van der Waals surface area contributed by atoms with Gasteiger partial charge in [0, 0.05) is 22.8 Å². The van der Waals surface area contributed by atoms with Crippen molar-refractivity contribution in [1.29, 1.82) is 0 Å². The molecule has 1 saturated heterocycles. The summed E-state index contributed by atoms with van der Waals surface area (Å²) in [5.74, 6) is -0.388. The molecule has 5 rings (SSSR count). The monoisotopic (exact) mass is 474 g/mol. The first kappa shape index (κ1) is 23.2. The zero-order chi connectivity index (χ0) is 24.6. The second-order valence-corrected chi connectivity index (χ2v) is 9.79. The molecule has 0 unspecified atom stereocenters. The summed E-state index contributed by atoms with van der Waals surface area (Å²) in [6.45, 7) is 8.55. The minimum atomic E-state index is -0.294. The molecule has 3 N–H and O–H groups in total. The smallest absolute Gasteiger partial charge is 0.257 e. The Morgan fingerprint density at radius 1 is 1.17 bits per heavy atom. The molecule has 9 nitrogen and oxygen atoms in total. The largest absolute Gasteiger partial charge is 0.373 e. The van der Waals surface area contributed by atoms with Crippen LogP contribution in [-0.4, -0.2) is 63.5 Å². The summed E-state index contributed by atoms with van der Waals surface area (Å²) in [4.78, 5) is 39.9. The lowest BCUT2D eigenvalue weighted by atomic mass is 10.0. The predicted molar refractivity (Wildman–Crippen MR) is 135 cm³/mol. The summed E-state index contributed by atoms with van der Waals surface area (Å²) in [6, 6.07) is 5.52. The van der Waals surface area contributed by atoms with E-state index in [0.717, 1.165) is 36.0 Å². The fourth-order valence-electron chi connectivity index (χ4n) is 4.64. The second-order valence-electron chi connectivity index (χ2n) is 9.79. The number of carbonyl (C=O) groups excluding carboxylic acids is 2. The van der Waals surface area contributed by atoms with Gasteiger partial charge in [0.2, 0.25) is 5.91 Å². The van der Waals surface area contributed by atoms with Gasteiger partial charge < -0.3 is 20.4 Å². The van der Waals surface area contributed by atoms with Crippen molar-refractivity contribution in [3.05, 3.63) is 53.6 Å². The fraction of sp³-hybridized carbons (Fsp3) is 0.385. The van der Waals surface area contributed by atoms with Gasteiger partial charge in [0.1, 0.15) is 5.65 Å². The van der Waals surface area contributed by atoms with Crippen molar-refractivity contribution in [2.45, 2.75) is 39.2 Å². The molecular formula is C26H30N6O3. The van der Waals surface area contributed by atoms with E-state index in [2.05, 4.69) is 44.3 Å². The number of hydrogen-bond donors (Lipinski definition) is 3. The van der Waals surface area contributed by atoms with Crippen molar-refractivity contribution in [2.24, 2.45) is 0 Å². The maximum absolute atomic E-state index is 13.0. The lowest BCUT2D eigenvalue weighted by molar-refractivity contribution is -0.118. The molecule has 0 aliphatic carbocycles. The summed E-state index contributed by atoms with van der Waals surface area (Å²) in [7, 11) is 0. The number of nitrogens with zero attached hydrogens (tertiary/aromatic N) is 3. The quantitative estimate of drug-likeness (QED) is 0.502. The van der Waals surface area contributed by atoms with Gasteiger partial charge in [-0.3, -0.25) is 19.5 Å². The molecule has 3 aromatic heterocycles. The molecule has 1 fully saturated rings. The summed E-state index contributed by atoms with van der Waals surface area (Å²) in [6.07, 6.45) is 7.36.